The van der Waals surface area contributed by atoms with Gasteiger partial charge in [0.2, 0.25) is 0 Å². The molecule has 0 unspecified atom stereocenters. The van der Waals surface area contributed by atoms with E-state index in [9.17, 15) is 9.59 Å². The Morgan fingerprint density at radius 3 is 1.89 bits per heavy atom. The highest BCUT2D eigenvalue weighted by Gasteiger charge is 2.38. The Kier molecular flexibility index (Phi) is 2.99. The molecule has 4 nitrogen and oxygen atoms in total. The van der Waals surface area contributed by atoms with Crippen molar-refractivity contribution < 1.29 is 9.59 Å². The number of amides is 2. The highest BCUT2D eigenvalue weighted by molar-refractivity contribution is 6.21. The normalized spacial score (nSPS) is 15.5. The van der Waals surface area contributed by atoms with E-state index in [1.807, 2.05) is 32.8 Å². The molecule has 2 rings (SSSR count). The van der Waals surface area contributed by atoms with Crippen LogP contribution in [-0.4, -0.2) is 47.8 Å². The fraction of sp³-hybridized carbons (Fsp3) is 0.429. The summed E-state index contributed by atoms with van der Waals surface area (Å²) in [6.45, 7) is 4.42. The van der Waals surface area contributed by atoms with Crippen LogP contribution in [-0.2, 0) is 0 Å². The second-order valence-electron chi connectivity index (χ2n) is 5.45. The Morgan fingerprint density at radius 1 is 1.06 bits per heavy atom. The molecule has 0 spiro atoms. The number of benzene rings is 1. The summed E-state index contributed by atoms with van der Waals surface area (Å²) >= 11 is 0. The fourth-order valence-corrected chi connectivity index (χ4v) is 1.91. The van der Waals surface area contributed by atoms with Crippen molar-refractivity contribution in [2.45, 2.75) is 19.4 Å². The van der Waals surface area contributed by atoms with Gasteiger partial charge in [-0.2, -0.15) is 0 Å². The monoisotopic (exact) mass is 246 g/mol. The van der Waals surface area contributed by atoms with Gasteiger partial charge in [-0.1, -0.05) is 12.1 Å². The van der Waals surface area contributed by atoms with E-state index in [4.69, 9.17) is 0 Å². The molecule has 0 aliphatic carbocycles. The number of carbonyl (C=O) groups excluding carboxylic acids is 2. The first-order chi connectivity index (χ1) is 8.34. The van der Waals surface area contributed by atoms with Gasteiger partial charge in [0.1, 0.15) is 0 Å². The molecule has 96 valence electrons. The second-order valence-corrected chi connectivity index (χ2v) is 5.45. The minimum Gasteiger partial charge on any atom is -0.302 e. The molecule has 0 N–H and O–H groups in total. The predicted octanol–water partition coefficient (Wildman–Crippen LogP) is 1.62. The van der Waals surface area contributed by atoms with E-state index in [-0.39, 0.29) is 17.4 Å². The van der Waals surface area contributed by atoms with Gasteiger partial charge in [-0.3, -0.25) is 14.5 Å². The Bertz CT molecular complexity index is 471. The lowest BCUT2D eigenvalue weighted by Crippen LogP contribution is -2.50. The van der Waals surface area contributed by atoms with Crippen LogP contribution in [0.25, 0.3) is 0 Å². The van der Waals surface area contributed by atoms with Gasteiger partial charge in [-0.05, 0) is 40.1 Å². The average Bonchev–Trinajstić information content (AvgIpc) is 2.55. The zero-order valence-electron chi connectivity index (χ0n) is 11.2. The van der Waals surface area contributed by atoms with Gasteiger partial charge in [0.05, 0.1) is 11.1 Å². The third kappa shape index (κ3) is 1.93. The predicted molar refractivity (Wildman–Crippen MR) is 69.6 cm³/mol. The van der Waals surface area contributed by atoms with Crippen molar-refractivity contribution in [3.8, 4) is 0 Å². The summed E-state index contributed by atoms with van der Waals surface area (Å²) in [5.41, 5.74) is 0.780. The summed E-state index contributed by atoms with van der Waals surface area (Å²) in [4.78, 5) is 27.7. The summed E-state index contributed by atoms with van der Waals surface area (Å²) in [5, 5.41) is 0. The maximum Gasteiger partial charge on any atom is 0.261 e. The first kappa shape index (κ1) is 12.8. The molecule has 0 radical (unpaired) electrons. The number of hydrogen-bond acceptors (Lipinski definition) is 3. The lowest BCUT2D eigenvalue weighted by molar-refractivity contribution is 0.0547. The van der Waals surface area contributed by atoms with Crippen molar-refractivity contribution in [3.63, 3.8) is 0 Å². The van der Waals surface area contributed by atoms with Gasteiger partial charge >= 0.3 is 0 Å². The maximum absolute atomic E-state index is 12.2. The average molecular weight is 246 g/mol. The molecule has 1 aliphatic heterocycles. The molecule has 0 saturated carbocycles. The van der Waals surface area contributed by atoms with Gasteiger partial charge in [-0.25, -0.2) is 0 Å². The zero-order chi connectivity index (χ0) is 13.5. The molecule has 0 fully saturated rings. The van der Waals surface area contributed by atoms with Crippen LogP contribution in [0, 0.1) is 0 Å². The van der Waals surface area contributed by atoms with E-state index < -0.39 is 0 Å². The topological polar surface area (TPSA) is 40.6 Å². The smallest absolute Gasteiger partial charge is 0.261 e. The van der Waals surface area contributed by atoms with Crippen molar-refractivity contribution in [1.29, 1.82) is 0 Å². The molecule has 1 aromatic carbocycles. The van der Waals surface area contributed by atoms with Crippen LogP contribution < -0.4 is 0 Å². The number of likely N-dealkylation sites (N-methyl/N-ethyl adjacent to an activating group) is 1. The number of carbonyl (C=O) groups is 2. The molecule has 1 aromatic rings. The van der Waals surface area contributed by atoms with Crippen LogP contribution in [0.5, 0.6) is 0 Å². The van der Waals surface area contributed by atoms with Crippen molar-refractivity contribution in [2.24, 2.45) is 0 Å². The summed E-state index contributed by atoms with van der Waals surface area (Å²) < 4.78 is 0. The quantitative estimate of drug-likeness (QED) is 0.761. The summed E-state index contributed by atoms with van der Waals surface area (Å²) in [5.74, 6) is -0.379. The largest absolute Gasteiger partial charge is 0.302 e. The molecular formula is C14H18N2O2. The van der Waals surface area contributed by atoms with Gasteiger partial charge in [-0.15, -0.1) is 0 Å². The van der Waals surface area contributed by atoms with E-state index in [1.54, 1.807) is 24.3 Å². The number of nitrogens with zero attached hydrogens (tertiary/aromatic N) is 2. The Balaban J connectivity index is 2.30. The molecular weight excluding hydrogens is 228 g/mol. The third-order valence-electron chi connectivity index (χ3n) is 3.63. The van der Waals surface area contributed by atoms with Crippen LogP contribution in [0.3, 0.4) is 0 Å². The highest BCUT2D eigenvalue weighted by atomic mass is 16.2. The van der Waals surface area contributed by atoms with Crippen LogP contribution in [0.4, 0.5) is 0 Å². The first-order valence-electron chi connectivity index (χ1n) is 5.97. The molecule has 0 saturated heterocycles. The molecule has 0 atom stereocenters. The van der Waals surface area contributed by atoms with Crippen LogP contribution in [0.2, 0.25) is 0 Å². The Hall–Kier alpha value is -1.68. The van der Waals surface area contributed by atoms with Crippen molar-refractivity contribution >= 4 is 11.8 Å². The molecule has 4 heteroatoms. The Morgan fingerprint density at radius 2 is 1.50 bits per heavy atom. The molecule has 0 aromatic heterocycles. The second kappa shape index (κ2) is 4.21. The van der Waals surface area contributed by atoms with Crippen LogP contribution >= 0.6 is 0 Å². The van der Waals surface area contributed by atoms with Gasteiger partial charge in [0.25, 0.3) is 11.8 Å². The van der Waals surface area contributed by atoms with Crippen LogP contribution in [0.1, 0.15) is 34.6 Å². The molecule has 1 heterocycles. The van der Waals surface area contributed by atoms with E-state index in [1.165, 1.54) is 4.90 Å². The number of imide groups is 1. The third-order valence-corrected chi connectivity index (χ3v) is 3.63. The summed E-state index contributed by atoms with van der Waals surface area (Å²) in [7, 11) is 3.89. The van der Waals surface area contributed by atoms with E-state index in [0.29, 0.717) is 17.7 Å². The van der Waals surface area contributed by atoms with Crippen molar-refractivity contribution in [3.05, 3.63) is 35.4 Å². The molecule has 18 heavy (non-hydrogen) atoms. The standard InChI is InChI=1S/C14H18N2O2/c1-14(2,15(3)4)9-16-12(17)10-7-5-6-8-11(10)13(16)18/h5-8H,9H2,1-4H3. The maximum atomic E-state index is 12.2. The zero-order valence-corrected chi connectivity index (χ0v) is 11.2. The SMILES string of the molecule is CN(C)C(C)(C)CN1C(=O)c2ccccc2C1=O. The van der Waals surface area contributed by atoms with Crippen LogP contribution in [0.15, 0.2) is 24.3 Å². The van der Waals surface area contributed by atoms with Crippen molar-refractivity contribution in [2.75, 3.05) is 20.6 Å². The van der Waals surface area contributed by atoms with Crippen molar-refractivity contribution in [1.82, 2.24) is 9.80 Å². The summed E-state index contributed by atoms with van der Waals surface area (Å²) in [6.07, 6.45) is 0. The number of rotatable bonds is 3. The van der Waals surface area contributed by atoms with Gasteiger partial charge < -0.3 is 4.90 Å². The molecule has 0 bridgehead atoms. The highest BCUT2D eigenvalue weighted by Crippen LogP contribution is 2.25. The lowest BCUT2D eigenvalue weighted by Gasteiger charge is -2.35. The molecule has 1 aliphatic rings. The minimum absolute atomic E-state index is 0.189. The lowest BCUT2D eigenvalue weighted by atomic mass is 10.0. The molecule has 2 amide bonds. The van der Waals surface area contributed by atoms with Gasteiger partial charge in [0.15, 0.2) is 0 Å². The first-order valence-corrected chi connectivity index (χ1v) is 5.97. The van der Waals surface area contributed by atoms with E-state index >= 15 is 0 Å². The van der Waals surface area contributed by atoms with E-state index in [0.717, 1.165) is 0 Å². The minimum atomic E-state index is -0.243. The van der Waals surface area contributed by atoms with E-state index in [2.05, 4.69) is 0 Å². The van der Waals surface area contributed by atoms with Gasteiger partial charge in [0, 0.05) is 12.1 Å². The number of fused-ring (bicyclic) bond motifs is 1. The number of hydrogen-bond donors (Lipinski definition) is 0. The fourth-order valence-electron chi connectivity index (χ4n) is 1.91. The summed E-state index contributed by atoms with van der Waals surface area (Å²) in [6, 6.07) is 6.98. The Labute approximate surface area is 107 Å².